The predicted octanol–water partition coefficient (Wildman–Crippen LogP) is 2.99. The van der Waals surface area contributed by atoms with Gasteiger partial charge in [-0.15, -0.1) is 11.8 Å². The van der Waals surface area contributed by atoms with E-state index in [1.54, 1.807) is 31.2 Å². The normalized spacial score (nSPS) is 16.9. The summed E-state index contributed by atoms with van der Waals surface area (Å²) in [5.41, 5.74) is 1.36. The summed E-state index contributed by atoms with van der Waals surface area (Å²) in [5.74, 6) is -0.213. The van der Waals surface area contributed by atoms with Gasteiger partial charge in [0.1, 0.15) is 11.0 Å². The standard InChI is InChI=1S/C16H17NO5S2/c1-4-22-15(19)13(23-3)10-7-9(5-6-11(10)21-2)8-12-14(18)17-16(20)24-12/h5-8,13H,4H2,1-3H3,(H,17,18,20)/b12-8+. The van der Waals surface area contributed by atoms with Crippen LogP contribution in [0.15, 0.2) is 23.1 Å². The maximum absolute atomic E-state index is 12.2. The van der Waals surface area contributed by atoms with E-state index < -0.39 is 16.4 Å². The molecule has 0 radical (unpaired) electrons. The van der Waals surface area contributed by atoms with Crippen LogP contribution in [0.3, 0.4) is 0 Å². The van der Waals surface area contributed by atoms with Crippen molar-refractivity contribution in [1.82, 2.24) is 5.32 Å². The molecule has 8 heteroatoms. The quantitative estimate of drug-likeness (QED) is 0.611. The molecular formula is C16H17NO5S2. The zero-order valence-electron chi connectivity index (χ0n) is 13.5. The SMILES string of the molecule is CCOC(=O)C(SC)c1cc(/C=C2/SC(=O)NC2=O)ccc1OC. The van der Waals surface area contributed by atoms with Crippen LogP contribution in [0.5, 0.6) is 5.75 Å². The van der Waals surface area contributed by atoms with Crippen molar-refractivity contribution in [2.45, 2.75) is 12.2 Å². The molecule has 1 N–H and O–H groups in total. The number of thioether (sulfide) groups is 2. The maximum Gasteiger partial charge on any atom is 0.323 e. The third kappa shape index (κ3) is 4.12. The Labute approximate surface area is 148 Å². The minimum atomic E-state index is -0.537. The molecule has 0 spiro atoms. The topological polar surface area (TPSA) is 81.7 Å². The molecule has 1 aromatic carbocycles. The Morgan fingerprint density at radius 1 is 1.42 bits per heavy atom. The number of ether oxygens (including phenoxy) is 2. The van der Waals surface area contributed by atoms with Gasteiger partial charge in [-0.3, -0.25) is 19.7 Å². The van der Waals surface area contributed by atoms with E-state index in [0.717, 1.165) is 11.8 Å². The lowest BCUT2D eigenvalue weighted by molar-refractivity contribution is -0.142. The molecule has 0 aromatic heterocycles. The number of amides is 2. The fraction of sp³-hybridized carbons (Fsp3) is 0.312. The highest BCUT2D eigenvalue weighted by Crippen LogP contribution is 2.36. The highest BCUT2D eigenvalue weighted by molar-refractivity contribution is 8.18. The number of nitrogens with one attached hydrogen (secondary N) is 1. The molecule has 1 aromatic rings. The van der Waals surface area contributed by atoms with Crippen molar-refractivity contribution in [2.75, 3.05) is 20.0 Å². The molecule has 0 aliphatic carbocycles. The van der Waals surface area contributed by atoms with Crippen LogP contribution in [0.4, 0.5) is 4.79 Å². The van der Waals surface area contributed by atoms with Gasteiger partial charge in [-0.1, -0.05) is 6.07 Å². The average Bonchev–Trinajstić information content (AvgIpc) is 2.86. The van der Waals surface area contributed by atoms with Crippen LogP contribution in [0.2, 0.25) is 0 Å². The van der Waals surface area contributed by atoms with Crippen LogP contribution < -0.4 is 10.1 Å². The number of imide groups is 1. The van der Waals surface area contributed by atoms with Gasteiger partial charge in [-0.25, -0.2) is 0 Å². The summed E-state index contributed by atoms with van der Waals surface area (Å²) in [5, 5.41) is 1.28. The fourth-order valence-electron chi connectivity index (χ4n) is 2.19. The number of benzene rings is 1. The summed E-state index contributed by atoms with van der Waals surface area (Å²) >= 11 is 2.19. The fourth-order valence-corrected chi connectivity index (χ4v) is 3.57. The third-order valence-electron chi connectivity index (χ3n) is 3.21. The maximum atomic E-state index is 12.2. The molecule has 1 aliphatic rings. The molecule has 2 rings (SSSR count). The molecule has 128 valence electrons. The Bertz CT molecular complexity index is 702. The highest BCUT2D eigenvalue weighted by atomic mass is 32.2. The van der Waals surface area contributed by atoms with Crippen molar-refractivity contribution in [3.8, 4) is 5.75 Å². The van der Waals surface area contributed by atoms with Gasteiger partial charge < -0.3 is 9.47 Å². The van der Waals surface area contributed by atoms with Crippen molar-refractivity contribution in [2.24, 2.45) is 0 Å². The first-order valence-electron chi connectivity index (χ1n) is 7.12. The molecule has 1 fully saturated rings. The van der Waals surface area contributed by atoms with Gasteiger partial charge in [0.2, 0.25) is 0 Å². The Kier molecular flexibility index (Phi) is 6.33. The van der Waals surface area contributed by atoms with Crippen LogP contribution in [-0.4, -0.2) is 37.1 Å². The van der Waals surface area contributed by atoms with Gasteiger partial charge >= 0.3 is 5.97 Å². The molecule has 2 amide bonds. The van der Waals surface area contributed by atoms with Crippen molar-refractivity contribution in [3.05, 3.63) is 34.2 Å². The summed E-state index contributed by atoms with van der Waals surface area (Å²) in [6.45, 7) is 2.04. The lowest BCUT2D eigenvalue weighted by Gasteiger charge is -2.17. The molecule has 0 bridgehead atoms. The molecule has 24 heavy (non-hydrogen) atoms. The zero-order valence-corrected chi connectivity index (χ0v) is 15.1. The lowest BCUT2D eigenvalue weighted by Crippen LogP contribution is -2.17. The minimum Gasteiger partial charge on any atom is -0.496 e. The number of hydrogen-bond acceptors (Lipinski definition) is 7. The van der Waals surface area contributed by atoms with E-state index in [2.05, 4.69) is 5.32 Å². The number of carbonyl (C=O) groups excluding carboxylic acids is 3. The Balaban J connectivity index is 2.40. The second kappa shape index (κ2) is 8.25. The number of rotatable bonds is 6. The molecule has 6 nitrogen and oxygen atoms in total. The summed E-state index contributed by atoms with van der Waals surface area (Å²) < 4.78 is 10.4. The first-order valence-corrected chi connectivity index (χ1v) is 9.22. The van der Waals surface area contributed by atoms with Crippen molar-refractivity contribution in [1.29, 1.82) is 0 Å². The van der Waals surface area contributed by atoms with E-state index in [-0.39, 0.29) is 5.97 Å². The number of hydrogen-bond donors (Lipinski definition) is 1. The van der Waals surface area contributed by atoms with Crippen LogP contribution in [0.25, 0.3) is 6.08 Å². The number of esters is 1. The van der Waals surface area contributed by atoms with Crippen molar-refractivity contribution < 1.29 is 23.9 Å². The van der Waals surface area contributed by atoms with Crippen LogP contribution in [0, 0.1) is 0 Å². The Morgan fingerprint density at radius 3 is 2.71 bits per heavy atom. The molecule has 1 aliphatic heterocycles. The van der Waals surface area contributed by atoms with Gasteiger partial charge in [0.05, 0.1) is 18.6 Å². The first kappa shape index (κ1) is 18.4. The van der Waals surface area contributed by atoms with E-state index in [4.69, 9.17) is 9.47 Å². The van der Waals surface area contributed by atoms with E-state index >= 15 is 0 Å². The lowest BCUT2D eigenvalue weighted by atomic mass is 10.1. The summed E-state index contributed by atoms with van der Waals surface area (Å²) in [6, 6.07) is 5.25. The summed E-state index contributed by atoms with van der Waals surface area (Å²) in [4.78, 5) is 35.4. The van der Waals surface area contributed by atoms with Crippen LogP contribution in [0.1, 0.15) is 23.3 Å². The second-order valence-electron chi connectivity index (χ2n) is 4.72. The average molecular weight is 367 g/mol. The number of carbonyl (C=O) groups is 3. The zero-order chi connectivity index (χ0) is 17.7. The van der Waals surface area contributed by atoms with E-state index in [0.29, 0.717) is 28.4 Å². The Hall–Kier alpha value is -1.93. The molecule has 1 heterocycles. The van der Waals surface area contributed by atoms with Gasteiger partial charge in [0.25, 0.3) is 11.1 Å². The molecule has 1 atom stereocenters. The summed E-state index contributed by atoms with van der Waals surface area (Å²) in [7, 11) is 1.53. The van der Waals surface area contributed by atoms with Crippen molar-refractivity contribution >= 4 is 46.7 Å². The smallest absolute Gasteiger partial charge is 0.323 e. The minimum absolute atomic E-state index is 0.293. The third-order valence-corrected chi connectivity index (χ3v) is 4.94. The van der Waals surface area contributed by atoms with E-state index in [9.17, 15) is 14.4 Å². The predicted molar refractivity (Wildman–Crippen MR) is 95.0 cm³/mol. The van der Waals surface area contributed by atoms with E-state index in [1.807, 2.05) is 6.26 Å². The van der Waals surface area contributed by atoms with Gasteiger partial charge in [0.15, 0.2) is 0 Å². The van der Waals surface area contributed by atoms with Gasteiger partial charge in [-0.05, 0) is 48.7 Å². The van der Waals surface area contributed by atoms with Gasteiger partial charge in [0, 0.05) is 5.56 Å². The molecule has 1 saturated heterocycles. The molecule has 0 saturated carbocycles. The molecular weight excluding hydrogens is 350 g/mol. The van der Waals surface area contributed by atoms with E-state index in [1.165, 1.54) is 18.9 Å². The molecule has 1 unspecified atom stereocenters. The van der Waals surface area contributed by atoms with Crippen LogP contribution in [-0.2, 0) is 14.3 Å². The highest BCUT2D eigenvalue weighted by Gasteiger charge is 2.27. The second-order valence-corrected chi connectivity index (χ2v) is 6.68. The van der Waals surface area contributed by atoms with Gasteiger partial charge in [-0.2, -0.15) is 0 Å². The first-order chi connectivity index (χ1) is 11.5. The van der Waals surface area contributed by atoms with Crippen LogP contribution >= 0.6 is 23.5 Å². The Morgan fingerprint density at radius 2 is 2.17 bits per heavy atom. The van der Waals surface area contributed by atoms with Crippen molar-refractivity contribution in [3.63, 3.8) is 0 Å². The summed E-state index contributed by atoms with van der Waals surface area (Å²) in [6.07, 6.45) is 3.42. The monoisotopic (exact) mass is 367 g/mol. The largest absolute Gasteiger partial charge is 0.496 e. The number of methoxy groups -OCH3 is 1.